The Morgan fingerprint density at radius 1 is 0.944 bits per heavy atom. The predicted molar refractivity (Wildman–Crippen MR) is 115 cm³/mol. The van der Waals surface area contributed by atoms with Gasteiger partial charge in [-0.2, -0.15) is 0 Å². The number of ether oxygens (including phenoxy) is 5. The summed E-state index contributed by atoms with van der Waals surface area (Å²) < 4.78 is 28.7. The Morgan fingerprint density at radius 3 is 2.22 bits per heavy atom. The minimum absolute atomic E-state index is 0.254. The zero-order valence-electron chi connectivity index (χ0n) is 19.6. The minimum Gasteiger partial charge on any atom is -0.395 e. The first-order chi connectivity index (χ1) is 17.0. The van der Waals surface area contributed by atoms with E-state index >= 15 is 0 Å². The quantitative estimate of drug-likeness (QED) is 0.153. The molecule has 16 heteroatoms. The van der Waals surface area contributed by atoms with E-state index in [2.05, 4.69) is 5.32 Å². The second-order valence-corrected chi connectivity index (χ2v) is 9.72. The Morgan fingerprint density at radius 2 is 1.61 bits per heavy atom. The van der Waals surface area contributed by atoms with Gasteiger partial charge in [0.05, 0.1) is 31.5 Å². The van der Waals surface area contributed by atoms with Crippen LogP contribution in [0.2, 0.25) is 0 Å². The van der Waals surface area contributed by atoms with Crippen LogP contribution in [-0.2, 0) is 23.7 Å². The highest BCUT2D eigenvalue weighted by atomic mass is 16.9. The van der Waals surface area contributed by atoms with Gasteiger partial charge in [-0.25, -0.2) is 0 Å². The van der Waals surface area contributed by atoms with Crippen LogP contribution in [0.5, 0.6) is 0 Å². The van der Waals surface area contributed by atoms with Crippen molar-refractivity contribution in [2.24, 2.45) is 11.5 Å². The SMILES string of the molecule is CN[C@@H]1C[C@H](N)[C@@H](O)[C@H](OC2O[C@H](CO)[C@H](O)C3OC4(O[C@@H]23)O[C@H](C(N)CO)[C@H](O)[C@H](O)[C@H]4O)[C@H]1O. The van der Waals surface area contributed by atoms with Crippen molar-refractivity contribution in [2.75, 3.05) is 20.3 Å². The number of rotatable bonds is 6. The van der Waals surface area contributed by atoms with Crippen LogP contribution in [-0.4, -0.2) is 159 Å². The molecule has 3 aliphatic heterocycles. The molecule has 210 valence electrons. The van der Waals surface area contributed by atoms with Gasteiger partial charge in [0.2, 0.25) is 0 Å². The lowest BCUT2D eigenvalue weighted by Gasteiger charge is -2.46. The molecule has 0 amide bonds. The van der Waals surface area contributed by atoms with E-state index in [1.54, 1.807) is 7.05 Å². The highest BCUT2D eigenvalue weighted by Crippen LogP contribution is 2.45. The number of likely N-dealkylation sites (N-methyl/N-ethyl adjacent to an activating group) is 1. The molecule has 16 atom stereocenters. The van der Waals surface area contributed by atoms with Crippen molar-refractivity contribution in [3.8, 4) is 0 Å². The molecule has 0 aromatic carbocycles. The Hall–Kier alpha value is -0.640. The summed E-state index contributed by atoms with van der Waals surface area (Å²) in [4.78, 5) is 0. The third-order valence-electron chi connectivity index (χ3n) is 7.42. The van der Waals surface area contributed by atoms with Gasteiger partial charge in [-0.05, 0) is 13.5 Å². The van der Waals surface area contributed by atoms with Crippen LogP contribution in [0.15, 0.2) is 0 Å². The van der Waals surface area contributed by atoms with Crippen molar-refractivity contribution in [2.45, 2.75) is 104 Å². The highest BCUT2D eigenvalue weighted by Gasteiger charge is 2.67. The largest absolute Gasteiger partial charge is 0.395 e. The number of nitrogens with one attached hydrogen (secondary N) is 1. The summed E-state index contributed by atoms with van der Waals surface area (Å²) in [6.07, 6.45) is -17.7. The summed E-state index contributed by atoms with van der Waals surface area (Å²) in [6, 6.07) is -2.50. The summed E-state index contributed by atoms with van der Waals surface area (Å²) in [5.74, 6) is -2.48. The molecule has 4 aliphatic rings. The predicted octanol–water partition coefficient (Wildman–Crippen LogP) is -7.27. The van der Waals surface area contributed by atoms with Gasteiger partial charge in [0, 0.05) is 12.1 Å². The Bertz CT molecular complexity index is 756. The van der Waals surface area contributed by atoms with Gasteiger partial charge in [0.1, 0.15) is 48.8 Å². The summed E-state index contributed by atoms with van der Waals surface area (Å²) >= 11 is 0. The molecule has 0 aromatic heterocycles. The van der Waals surface area contributed by atoms with E-state index in [0.29, 0.717) is 0 Å². The molecule has 16 nitrogen and oxygen atoms in total. The summed E-state index contributed by atoms with van der Waals surface area (Å²) in [6.45, 7) is -1.33. The van der Waals surface area contributed by atoms with Crippen LogP contribution in [0, 0.1) is 0 Å². The molecular formula is C20H37N3O13. The van der Waals surface area contributed by atoms with Crippen LogP contribution in [0.1, 0.15) is 6.42 Å². The van der Waals surface area contributed by atoms with Gasteiger partial charge in [0.15, 0.2) is 12.4 Å². The lowest BCUT2D eigenvalue weighted by Crippen LogP contribution is -2.69. The monoisotopic (exact) mass is 527 g/mol. The molecule has 4 rings (SSSR count). The van der Waals surface area contributed by atoms with Crippen LogP contribution in [0.4, 0.5) is 0 Å². The zero-order valence-corrected chi connectivity index (χ0v) is 19.6. The molecule has 1 aliphatic carbocycles. The normalized spacial score (nSPS) is 54.4. The van der Waals surface area contributed by atoms with Gasteiger partial charge in [-0.1, -0.05) is 0 Å². The topological polar surface area (TPSA) is 272 Å². The number of aliphatic hydroxyl groups is 8. The van der Waals surface area contributed by atoms with Crippen molar-refractivity contribution in [1.29, 1.82) is 0 Å². The fraction of sp³-hybridized carbons (Fsp3) is 1.00. The molecule has 3 heterocycles. The lowest BCUT2D eigenvalue weighted by atomic mass is 9.84. The third-order valence-corrected chi connectivity index (χ3v) is 7.42. The van der Waals surface area contributed by atoms with Gasteiger partial charge < -0.3 is 81.3 Å². The van der Waals surface area contributed by atoms with Gasteiger partial charge >= 0.3 is 5.97 Å². The van der Waals surface area contributed by atoms with E-state index < -0.39 is 111 Å². The fourth-order valence-electron chi connectivity index (χ4n) is 5.23. The molecule has 0 bridgehead atoms. The van der Waals surface area contributed by atoms with Gasteiger partial charge in [0.25, 0.3) is 0 Å². The Balaban J connectivity index is 1.62. The van der Waals surface area contributed by atoms with Crippen molar-refractivity contribution >= 4 is 0 Å². The zero-order chi connectivity index (χ0) is 26.5. The first-order valence-corrected chi connectivity index (χ1v) is 11.8. The number of fused-ring (bicyclic) bond motifs is 1. The molecule has 36 heavy (non-hydrogen) atoms. The van der Waals surface area contributed by atoms with Crippen molar-refractivity contribution in [3.63, 3.8) is 0 Å². The highest BCUT2D eigenvalue weighted by molar-refractivity contribution is 5.05. The molecule has 1 spiro atoms. The smallest absolute Gasteiger partial charge is 0.314 e. The maximum absolute atomic E-state index is 10.7. The van der Waals surface area contributed by atoms with E-state index in [1.807, 2.05) is 0 Å². The maximum Gasteiger partial charge on any atom is 0.314 e. The summed E-state index contributed by atoms with van der Waals surface area (Å²) in [5.41, 5.74) is 11.8. The van der Waals surface area contributed by atoms with E-state index in [4.69, 9.17) is 35.2 Å². The molecule has 4 fully saturated rings. The number of hydrogen-bond donors (Lipinski definition) is 11. The molecular weight excluding hydrogens is 490 g/mol. The average Bonchev–Trinajstić information content (AvgIpc) is 3.27. The average molecular weight is 528 g/mol. The number of nitrogens with two attached hydrogens (primary N) is 2. The first kappa shape index (κ1) is 28.4. The van der Waals surface area contributed by atoms with E-state index in [0.717, 1.165) is 0 Å². The molecule has 0 radical (unpaired) electrons. The van der Waals surface area contributed by atoms with Crippen molar-refractivity contribution in [3.05, 3.63) is 0 Å². The van der Waals surface area contributed by atoms with Crippen LogP contribution >= 0.6 is 0 Å². The fourth-order valence-corrected chi connectivity index (χ4v) is 5.23. The summed E-state index contributed by atoms with van der Waals surface area (Å²) in [5, 5.41) is 85.6. The van der Waals surface area contributed by atoms with E-state index in [-0.39, 0.29) is 6.42 Å². The minimum atomic E-state index is -2.48. The van der Waals surface area contributed by atoms with Gasteiger partial charge in [-0.15, -0.1) is 0 Å². The molecule has 3 saturated heterocycles. The standard InChI is InChI=1S/C20H37N3O13/c1-23-7-2-5(21)9(26)15(10(7)27)33-19-17-16(11(28)8(4-25)32-19)35-20(36-17)18(31)13(30)12(29)14(34-20)6(22)3-24/h5-19,23-31H,2-4,21-22H2,1H3/t5-,6?,7+,8+,9+,10-,11-,12+,13-,14+,15-,16?,17+,18+,19?,20?/m0/s1. The summed E-state index contributed by atoms with van der Waals surface area (Å²) in [7, 11) is 1.60. The van der Waals surface area contributed by atoms with Gasteiger partial charge in [-0.3, -0.25) is 0 Å². The maximum atomic E-state index is 10.7. The Labute approximate surface area is 206 Å². The second-order valence-electron chi connectivity index (χ2n) is 9.72. The lowest BCUT2D eigenvalue weighted by molar-refractivity contribution is -0.439. The first-order valence-electron chi connectivity index (χ1n) is 11.8. The molecule has 1 saturated carbocycles. The molecule has 0 aromatic rings. The molecule has 13 N–H and O–H groups in total. The second kappa shape index (κ2) is 10.9. The van der Waals surface area contributed by atoms with E-state index in [1.165, 1.54) is 0 Å². The van der Waals surface area contributed by atoms with Crippen molar-refractivity contribution in [1.82, 2.24) is 5.32 Å². The number of hydrogen-bond acceptors (Lipinski definition) is 16. The van der Waals surface area contributed by atoms with Crippen LogP contribution in [0.25, 0.3) is 0 Å². The Kier molecular flexibility index (Phi) is 8.55. The number of aliphatic hydroxyl groups excluding tert-OH is 8. The van der Waals surface area contributed by atoms with Crippen LogP contribution < -0.4 is 16.8 Å². The third kappa shape index (κ3) is 4.68. The molecule has 4 unspecified atom stereocenters. The van der Waals surface area contributed by atoms with Crippen LogP contribution in [0.3, 0.4) is 0 Å². The van der Waals surface area contributed by atoms with E-state index in [9.17, 15) is 40.9 Å². The van der Waals surface area contributed by atoms with Crippen molar-refractivity contribution < 1.29 is 64.5 Å².